The van der Waals surface area contributed by atoms with Gasteiger partial charge in [-0.1, -0.05) is 133 Å². The van der Waals surface area contributed by atoms with Crippen molar-refractivity contribution in [3.05, 3.63) is 188 Å². The lowest BCUT2D eigenvalue weighted by Gasteiger charge is -2.14. The smallest absolute Gasteiger partial charge is 0.0978 e. The topological polar surface area (TPSA) is 64.5 Å². The van der Waals surface area contributed by atoms with Gasteiger partial charge in [-0.25, -0.2) is 15.0 Å². The molecule has 0 aliphatic rings. The first kappa shape index (κ1) is 31.4. The summed E-state index contributed by atoms with van der Waals surface area (Å²) in [6, 6.07) is 60.5. The monoisotopic (exact) mass is 689 g/mol. The van der Waals surface area contributed by atoms with Crippen LogP contribution >= 0.6 is 0 Å². The zero-order chi connectivity index (χ0) is 35.8. The molecule has 0 aliphatic heterocycles. The SMILES string of the molecule is c1ccc(-c2ccc(-c3cc(-c4ccc5ccc6c(-c7ccccc7)c7ccccc7nc6c5n4)cc(-c4ccc(-c5ccccn5)cc4)n3)nc2)cc1. The number of benzene rings is 5. The van der Waals surface area contributed by atoms with Gasteiger partial charge in [-0.05, 0) is 53.6 Å². The zero-order valence-corrected chi connectivity index (χ0v) is 29.1. The van der Waals surface area contributed by atoms with Crippen LogP contribution in [0.25, 0.3) is 100 Å². The van der Waals surface area contributed by atoms with Crippen LogP contribution in [0.3, 0.4) is 0 Å². The van der Waals surface area contributed by atoms with Crippen molar-refractivity contribution in [1.29, 1.82) is 0 Å². The third-order valence-electron chi connectivity index (χ3n) is 9.97. The number of aromatic nitrogens is 5. The summed E-state index contributed by atoms with van der Waals surface area (Å²) in [6.07, 6.45) is 3.73. The maximum atomic E-state index is 5.37. The predicted molar refractivity (Wildman–Crippen MR) is 221 cm³/mol. The molecule has 0 atom stereocenters. The van der Waals surface area contributed by atoms with Gasteiger partial charge in [0.25, 0.3) is 0 Å². The first-order valence-corrected chi connectivity index (χ1v) is 18.0. The van der Waals surface area contributed by atoms with Crippen LogP contribution in [0.5, 0.6) is 0 Å². The van der Waals surface area contributed by atoms with Gasteiger partial charge in [0.2, 0.25) is 0 Å². The van der Waals surface area contributed by atoms with Crippen molar-refractivity contribution in [3.8, 4) is 67.4 Å². The molecule has 5 aromatic carbocycles. The van der Waals surface area contributed by atoms with E-state index in [1.807, 2.05) is 60.9 Å². The highest BCUT2D eigenvalue weighted by atomic mass is 14.8. The van der Waals surface area contributed by atoms with Crippen LogP contribution in [-0.2, 0) is 0 Å². The molecule has 54 heavy (non-hydrogen) atoms. The summed E-state index contributed by atoms with van der Waals surface area (Å²) in [5.41, 5.74) is 14.3. The van der Waals surface area contributed by atoms with Gasteiger partial charge in [0, 0.05) is 56.4 Å². The number of nitrogens with zero attached hydrogens (tertiary/aromatic N) is 5. The molecule has 10 aromatic rings. The fraction of sp³-hybridized carbons (Fsp3) is 0. The lowest BCUT2D eigenvalue weighted by Crippen LogP contribution is -1.96. The Bertz CT molecular complexity index is 2850. The minimum absolute atomic E-state index is 0.770. The molecule has 0 saturated heterocycles. The van der Waals surface area contributed by atoms with Gasteiger partial charge >= 0.3 is 0 Å². The van der Waals surface area contributed by atoms with Crippen molar-refractivity contribution in [2.75, 3.05) is 0 Å². The summed E-state index contributed by atoms with van der Waals surface area (Å²) in [5, 5.41) is 3.23. The Hall–Kier alpha value is -7.37. The number of rotatable bonds is 6. The van der Waals surface area contributed by atoms with E-state index in [0.717, 1.165) is 100 Å². The van der Waals surface area contributed by atoms with E-state index in [9.17, 15) is 0 Å². The van der Waals surface area contributed by atoms with Crippen molar-refractivity contribution in [2.24, 2.45) is 0 Å². The first-order chi connectivity index (χ1) is 26.7. The highest BCUT2D eigenvalue weighted by Gasteiger charge is 2.16. The van der Waals surface area contributed by atoms with E-state index >= 15 is 0 Å². The average molecular weight is 690 g/mol. The quantitative estimate of drug-likeness (QED) is 0.128. The van der Waals surface area contributed by atoms with Crippen LogP contribution in [0.15, 0.2) is 188 Å². The number of para-hydroxylation sites is 1. The van der Waals surface area contributed by atoms with Gasteiger partial charge in [0.1, 0.15) is 0 Å². The standard InChI is InChI=1S/C49H31N5/c1-3-11-32(12-4-1)37-24-27-44(51-31-37)46-30-38(29-45(52-46)34-20-18-33(19-21-34)41-16-9-10-28-50-41)42-26-23-36-22-25-40-47(35-13-5-2-6-14-35)39-15-7-8-17-43(39)54-49(40)48(36)53-42/h1-31H. The number of hydrogen-bond acceptors (Lipinski definition) is 5. The third kappa shape index (κ3) is 5.74. The van der Waals surface area contributed by atoms with E-state index in [1.54, 1.807) is 0 Å². The van der Waals surface area contributed by atoms with Crippen LogP contribution in [0.4, 0.5) is 0 Å². The highest BCUT2D eigenvalue weighted by molar-refractivity contribution is 6.16. The van der Waals surface area contributed by atoms with Crippen LogP contribution in [0, 0.1) is 0 Å². The largest absolute Gasteiger partial charge is 0.256 e. The third-order valence-corrected chi connectivity index (χ3v) is 9.97. The van der Waals surface area contributed by atoms with Crippen LogP contribution in [-0.4, -0.2) is 24.9 Å². The van der Waals surface area contributed by atoms with Crippen LogP contribution in [0.1, 0.15) is 0 Å². The zero-order valence-electron chi connectivity index (χ0n) is 29.1. The van der Waals surface area contributed by atoms with Crippen molar-refractivity contribution in [3.63, 3.8) is 0 Å². The van der Waals surface area contributed by atoms with E-state index in [4.69, 9.17) is 19.9 Å². The number of fused-ring (bicyclic) bond motifs is 4. The summed E-state index contributed by atoms with van der Waals surface area (Å²) in [4.78, 5) is 25.2. The van der Waals surface area contributed by atoms with Crippen LogP contribution in [0.2, 0.25) is 0 Å². The molecule has 0 radical (unpaired) electrons. The van der Waals surface area contributed by atoms with E-state index < -0.39 is 0 Å². The summed E-state index contributed by atoms with van der Waals surface area (Å²) < 4.78 is 0. The Morgan fingerprint density at radius 1 is 0.315 bits per heavy atom. The minimum Gasteiger partial charge on any atom is -0.256 e. The second kappa shape index (κ2) is 13.3. The Morgan fingerprint density at radius 3 is 1.74 bits per heavy atom. The molecule has 0 amide bonds. The molecule has 0 N–H and O–H groups in total. The second-order valence-electron chi connectivity index (χ2n) is 13.3. The average Bonchev–Trinajstić information content (AvgIpc) is 3.26. The molecule has 252 valence electrons. The maximum absolute atomic E-state index is 5.37. The van der Waals surface area contributed by atoms with Crippen molar-refractivity contribution in [2.45, 2.75) is 0 Å². The molecule has 10 rings (SSSR count). The molecular formula is C49H31N5. The van der Waals surface area contributed by atoms with E-state index in [2.05, 4.69) is 132 Å². The van der Waals surface area contributed by atoms with Gasteiger partial charge in [-0.2, -0.15) is 0 Å². The molecule has 0 fully saturated rings. The highest BCUT2D eigenvalue weighted by Crippen LogP contribution is 2.38. The number of pyridine rings is 5. The van der Waals surface area contributed by atoms with Crippen molar-refractivity contribution >= 4 is 32.7 Å². The molecule has 5 aromatic heterocycles. The predicted octanol–water partition coefficient (Wildman–Crippen LogP) is 12.1. The Labute approximate surface area is 312 Å². The van der Waals surface area contributed by atoms with Crippen LogP contribution < -0.4 is 0 Å². The van der Waals surface area contributed by atoms with Gasteiger partial charge in [0.05, 0.1) is 45.0 Å². The summed E-state index contributed by atoms with van der Waals surface area (Å²) in [6.45, 7) is 0. The molecule has 0 unspecified atom stereocenters. The molecule has 0 aliphatic carbocycles. The molecule has 0 saturated carbocycles. The normalized spacial score (nSPS) is 11.3. The second-order valence-corrected chi connectivity index (χ2v) is 13.3. The van der Waals surface area contributed by atoms with Gasteiger partial charge in [-0.3, -0.25) is 9.97 Å². The first-order valence-electron chi connectivity index (χ1n) is 18.0. The van der Waals surface area contributed by atoms with Crippen molar-refractivity contribution in [1.82, 2.24) is 24.9 Å². The number of hydrogen-bond donors (Lipinski definition) is 0. The Morgan fingerprint density at radius 2 is 0.981 bits per heavy atom. The lowest BCUT2D eigenvalue weighted by molar-refractivity contribution is 1.24. The van der Waals surface area contributed by atoms with Gasteiger partial charge in [0.15, 0.2) is 0 Å². The van der Waals surface area contributed by atoms with Crippen molar-refractivity contribution < 1.29 is 0 Å². The summed E-state index contributed by atoms with van der Waals surface area (Å²) in [5.74, 6) is 0. The fourth-order valence-electron chi connectivity index (χ4n) is 7.26. The molecule has 5 heterocycles. The Balaban J connectivity index is 1.15. The fourth-order valence-corrected chi connectivity index (χ4v) is 7.26. The maximum Gasteiger partial charge on any atom is 0.0978 e. The van der Waals surface area contributed by atoms with E-state index in [0.29, 0.717) is 0 Å². The summed E-state index contributed by atoms with van der Waals surface area (Å²) >= 11 is 0. The summed E-state index contributed by atoms with van der Waals surface area (Å²) in [7, 11) is 0. The Kier molecular flexibility index (Phi) is 7.73. The van der Waals surface area contributed by atoms with E-state index in [1.165, 1.54) is 0 Å². The van der Waals surface area contributed by atoms with Gasteiger partial charge in [-0.15, -0.1) is 0 Å². The van der Waals surface area contributed by atoms with Gasteiger partial charge < -0.3 is 0 Å². The molecule has 5 heteroatoms. The molecule has 5 nitrogen and oxygen atoms in total. The lowest BCUT2D eigenvalue weighted by atomic mass is 9.95. The minimum atomic E-state index is 0.770. The van der Waals surface area contributed by atoms with E-state index in [-0.39, 0.29) is 0 Å². The molecule has 0 bridgehead atoms. The molecular weight excluding hydrogens is 659 g/mol. The molecule has 0 spiro atoms.